The quantitative estimate of drug-likeness (QED) is 0.507. The molecule has 7 heteroatoms. The molecule has 0 bridgehead atoms. The Hall–Kier alpha value is -2.05. The Morgan fingerprint density at radius 1 is 1.10 bits per heavy atom. The Labute approximate surface area is 184 Å². The fraction of sp³-hybridized carbons (Fsp3) is 0.227. The summed E-state index contributed by atoms with van der Waals surface area (Å²) in [4.78, 5) is 14.9. The van der Waals surface area contributed by atoms with Gasteiger partial charge in [0.05, 0.1) is 16.1 Å². The maximum Gasteiger partial charge on any atom is 0.319 e. The van der Waals surface area contributed by atoms with E-state index in [2.05, 4.69) is 56.6 Å². The maximum absolute atomic E-state index is 12.4. The molecular weight excluding hydrogens is 425 g/mol. The van der Waals surface area contributed by atoms with Crippen LogP contribution in [-0.4, -0.2) is 24.0 Å². The van der Waals surface area contributed by atoms with Crippen molar-refractivity contribution < 1.29 is 4.79 Å². The summed E-state index contributed by atoms with van der Waals surface area (Å²) in [7, 11) is 0. The average Bonchev–Trinajstić information content (AvgIpc) is 3.25. The Balaban J connectivity index is 1.43. The van der Waals surface area contributed by atoms with Gasteiger partial charge < -0.3 is 10.6 Å². The molecule has 1 unspecified atom stereocenters. The maximum atomic E-state index is 12.4. The van der Waals surface area contributed by atoms with Crippen LogP contribution in [0.15, 0.2) is 59.3 Å². The molecule has 2 aromatic carbocycles. The molecule has 4 nitrogen and oxygen atoms in total. The lowest BCUT2D eigenvalue weighted by Gasteiger charge is -2.35. The molecule has 3 aromatic rings. The Morgan fingerprint density at radius 2 is 1.93 bits per heavy atom. The number of nitrogens with one attached hydrogen (secondary N) is 2. The van der Waals surface area contributed by atoms with Gasteiger partial charge in [-0.3, -0.25) is 4.90 Å². The van der Waals surface area contributed by atoms with Crippen molar-refractivity contribution >= 4 is 46.3 Å². The third-order valence-corrected chi connectivity index (χ3v) is 6.60. The van der Waals surface area contributed by atoms with Crippen LogP contribution in [0.2, 0.25) is 10.0 Å². The van der Waals surface area contributed by atoms with Crippen LogP contribution in [0.1, 0.15) is 22.7 Å². The molecule has 2 heterocycles. The van der Waals surface area contributed by atoms with Gasteiger partial charge in [-0.1, -0.05) is 47.5 Å². The van der Waals surface area contributed by atoms with Crippen molar-refractivity contribution in [3.63, 3.8) is 0 Å². The monoisotopic (exact) mass is 445 g/mol. The number of thiophene rings is 1. The number of hydrogen-bond acceptors (Lipinski definition) is 3. The van der Waals surface area contributed by atoms with Crippen molar-refractivity contribution in [1.29, 1.82) is 0 Å². The third-order valence-electron chi connectivity index (χ3n) is 5.16. The Kier molecular flexibility index (Phi) is 6.40. The molecule has 1 atom stereocenters. The van der Waals surface area contributed by atoms with Gasteiger partial charge in [0.1, 0.15) is 0 Å². The van der Waals surface area contributed by atoms with Gasteiger partial charge in [0, 0.05) is 25.3 Å². The van der Waals surface area contributed by atoms with Crippen molar-refractivity contribution in [2.24, 2.45) is 0 Å². The summed E-state index contributed by atoms with van der Waals surface area (Å²) in [6.07, 6.45) is 1.02. The van der Waals surface area contributed by atoms with Crippen LogP contribution in [0.25, 0.3) is 0 Å². The highest BCUT2D eigenvalue weighted by Gasteiger charge is 2.25. The highest BCUT2D eigenvalue weighted by molar-refractivity contribution is 7.08. The normalized spacial score (nSPS) is 14.8. The number of fused-ring (bicyclic) bond motifs is 1. The lowest BCUT2D eigenvalue weighted by atomic mass is 9.97. The van der Waals surface area contributed by atoms with E-state index in [4.69, 9.17) is 23.2 Å². The second-order valence-electron chi connectivity index (χ2n) is 7.03. The fourth-order valence-corrected chi connectivity index (χ4v) is 4.65. The molecule has 0 saturated heterocycles. The molecule has 0 fully saturated rings. The van der Waals surface area contributed by atoms with Crippen LogP contribution in [0.3, 0.4) is 0 Å². The number of halogens is 2. The molecule has 2 amide bonds. The minimum absolute atomic E-state index is 0.120. The zero-order valence-corrected chi connectivity index (χ0v) is 18.0. The van der Waals surface area contributed by atoms with Crippen LogP contribution < -0.4 is 10.6 Å². The molecule has 0 radical (unpaired) electrons. The molecule has 2 N–H and O–H groups in total. The van der Waals surface area contributed by atoms with Gasteiger partial charge >= 0.3 is 6.03 Å². The van der Waals surface area contributed by atoms with Gasteiger partial charge in [-0.2, -0.15) is 11.3 Å². The summed E-state index contributed by atoms with van der Waals surface area (Å²) >= 11 is 13.6. The van der Waals surface area contributed by atoms with E-state index >= 15 is 0 Å². The number of rotatable bonds is 5. The van der Waals surface area contributed by atoms with Crippen molar-refractivity contribution in [1.82, 2.24) is 10.2 Å². The Morgan fingerprint density at radius 3 is 2.69 bits per heavy atom. The highest BCUT2D eigenvalue weighted by atomic mass is 35.5. The minimum atomic E-state index is -0.263. The number of carbonyl (C=O) groups is 1. The number of anilines is 1. The van der Waals surface area contributed by atoms with E-state index in [0.29, 0.717) is 22.3 Å². The first kappa shape index (κ1) is 20.2. The van der Waals surface area contributed by atoms with Crippen molar-refractivity contribution in [2.45, 2.75) is 19.0 Å². The predicted octanol–water partition coefficient (Wildman–Crippen LogP) is 5.98. The molecule has 0 spiro atoms. The average molecular weight is 446 g/mol. The number of carbonyl (C=O) groups excluding carboxylic acids is 1. The largest absolute Gasteiger partial charge is 0.336 e. The molecule has 0 saturated carbocycles. The van der Waals surface area contributed by atoms with E-state index in [-0.39, 0.29) is 12.1 Å². The number of amides is 2. The molecule has 29 heavy (non-hydrogen) atoms. The standard InChI is InChI=1S/C22H21Cl2N3OS/c23-19-6-5-18(11-20(19)24)26-22(28)25-12-21(17-8-10-29-14-17)27-9-7-15-3-1-2-4-16(15)13-27/h1-6,8,10-11,14,21H,7,9,12-13H2,(H2,25,26,28). The zero-order chi connectivity index (χ0) is 20.2. The molecule has 1 aliphatic rings. The first-order valence-corrected chi connectivity index (χ1v) is 11.1. The van der Waals surface area contributed by atoms with E-state index in [1.807, 2.05) is 0 Å². The van der Waals surface area contributed by atoms with E-state index in [1.165, 1.54) is 16.7 Å². The lowest BCUT2D eigenvalue weighted by molar-refractivity contribution is 0.176. The van der Waals surface area contributed by atoms with Gasteiger partial charge in [0.15, 0.2) is 0 Å². The topological polar surface area (TPSA) is 44.4 Å². The van der Waals surface area contributed by atoms with E-state index in [1.54, 1.807) is 29.5 Å². The second kappa shape index (κ2) is 9.18. The van der Waals surface area contributed by atoms with E-state index < -0.39 is 0 Å². The van der Waals surface area contributed by atoms with Gasteiger partial charge in [-0.15, -0.1) is 0 Å². The summed E-state index contributed by atoms with van der Waals surface area (Å²) < 4.78 is 0. The fourth-order valence-electron chi connectivity index (χ4n) is 3.64. The number of nitrogens with zero attached hydrogens (tertiary/aromatic N) is 1. The number of urea groups is 1. The third kappa shape index (κ3) is 4.93. The van der Waals surface area contributed by atoms with Crippen LogP contribution in [-0.2, 0) is 13.0 Å². The van der Waals surface area contributed by atoms with Gasteiger partial charge in [0.25, 0.3) is 0 Å². The minimum Gasteiger partial charge on any atom is -0.336 e. The molecule has 1 aromatic heterocycles. The highest BCUT2D eigenvalue weighted by Crippen LogP contribution is 2.29. The molecule has 1 aliphatic heterocycles. The molecule has 0 aliphatic carbocycles. The van der Waals surface area contributed by atoms with Crippen molar-refractivity contribution in [3.05, 3.63) is 86.0 Å². The Bertz CT molecular complexity index is 993. The van der Waals surface area contributed by atoms with Crippen LogP contribution >= 0.6 is 34.5 Å². The van der Waals surface area contributed by atoms with Crippen LogP contribution in [0.5, 0.6) is 0 Å². The van der Waals surface area contributed by atoms with Crippen molar-refractivity contribution in [3.8, 4) is 0 Å². The van der Waals surface area contributed by atoms with Crippen LogP contribution in [0.4, 0.5) is 10.5 Å². The smallest absolute Gasteiger partial charge is 0.319 e. The van der Waals surface area contributed by atoms with Gasteiger partial charge in [-0.05, 0) is 58.1 Å². The molecular formula is C22H21Cl2N3OS. The van der Waals surface area contributed by atoms with Gasteiger partial charge in [-0.25, -0.2) is 4.79 Å². The van der Waals surface area contributed by atoms with E-state index in [9.17, 15) is 4.79 Å². The summed E-state index contributed by atoms with van der Waals surface area (Å²) in [5.41, 5.74) is 4.61. The summed E-state index contributed by atoms with van der Waals surface area (Å²) in [6, 6.07) is 15.6. The van der Waals surface area contributed by atoms with E-state index in [0.717, 1.165) is 19.5 Å². The zero-order valence-electron chi connectivity index (χ0n) is 15.7. The number of hydrogen-bond donors (Lipinski definition) is 2. The summed E-state index contributed by atoms with van der Waals surface area (Å²) in [5.74, 6) is 0. The second-order valence-corrected chi connectivity index (χ2v) is 8.62. The predicted molar refractivity (Wildman–Crippen MR) is 121 cm³/mol. The molecule has 4 rings (SSSR count). The summed E-state index contributed by atoms with van der Waals surface area (Å²) in [5, 5.41) is 10.9. The first-order valence-electron chi connectivity index (χ1n) is 9.43. The molecule has 150 valence electrons. The van der Waals surface area contributed by atoms with Crippen molar-refractivity contribution in [2.75, 3.05) is 18.4 Å². The summed E-state index contributed by atoms with van der Waals surface area (Å²) in [6.45, 7) is 2.37. The SMILES string of the molecule is O=C(NCC(c1ccsc1)N1CCc2ccccc2C1)Nc1ccc(Cl)c(Cl)c1. The number of benzene rings is 2. The lowest BCUT2D eigenvalue weighted by Crippen LogP contribution is -2.41. The van der Waals surface area contributed by atoms with Crippen LogP contribution in [0, 0.1) is 0 Å². The van der Waals surface area contributed by atoms with Gasteiger partial charge in [0.2, 0.25) is 0 Å². The first-order chi connectivity index (χ1) is 14.1.